The van der Waals surface area contributed by atoms with Crippen molar-refractivity contribution in [2.45, 2.75) is 11.8 Å². The quantitative estimate of drug-likeness (QED) is 0.444. The predicted octanol–water partition coefficient (Wildman–Crippen LogP) is 6.67. The standard InChI is InChI=1S/C15H12Br3ClO/c1-8-3-4-9(16)5-11(8)14(18)12-6-10(19)7-13(17)15(12)20-2/h3-7,14H,1-2H3. The molecule has 0 aliphatic rings. The number of methoxy groups -OCH3 is 1. The fraction of sp³-hybridized carbons (Fsp3) is 0.200. The Morgan fingerprint density at radius 1 is 1.10 bits per heavy atom. The molecule has 0 aliphatic heterocycles. The van der Waals surface area contributed by atoms with Crippen LogP contribution in [0.4, 0.5) is 0 Å². The third-order valence-electron chi connectivity index (χ3n) is 3.03. The molecule has 0 fully saturated rings. The molecule has 5 heteroatoms. The molecule has 0 aromatic heterocycles. The van der Waals surface area contributed by atoms with Crippen LogP contribution in [0.5, 0.6) is 5.75 Å². The molecular formula is C15H12Br3ClO. The molecule has 0 spiro atoms. The first-order valence-corrected chi connectivity index (χ1v) is 8.75. The highest BCUT2D eigenvalue weighted by Crippen LogP contribution is 2.43. The van der Waals surface area contributed by atoms with Gasteiger partial charge in [0.25, 0.3) is 0 Å². The summed E-state index contributed by atoms with van der Waals surface area (Å²) in [6, 6.07) is 9.97. The number of hydrogen-bond donors (Lipinski definition) is 0. The minimum Gasteiger partial charge on any atom is -0.495 e. The molecule has 0 radical (unpaired) electrons. The first-order chi connectivity index (χ1) is 9.43. The van der Waals surface area contributed by atoms with E-state index >= 15 is 0 Å². The van der Waals surface area contributed by atoms with E-state index in [1.54, 1.807) is 7.11 Å². The van der Waals surface area contributed by atoms with Crippen LogP contribution in [0.15, 0.2) is 39.3 Å². The van der Waals surface area contributed by atoms with Crippen LogP contribution in [-0.2, 0) is 0 Å². The number of hydrogen-bond acceptors (Lipinski definition) is 1. The van der Waals surface area contributed by atoms with Gasteiger partial charge in [-0.1, -0.05) is 49.5 Å². The highest BCUT2D eigenvalue weighted by Gasteiger charge is 2.20. The van der Waals surface area contributed by atoms with E-state index in [1.807, 2.05) is 18.2 Å². The van der Waals surface area contributed by atoms with Gasteiger partial charge in [0.2, 0.25) is 0 Å². The van der Waals surface area contributed by atoms with Gasteiger partial charge >= 0.3 is 0 Å². The maximum atomic E-state index is 6.17. The number of halogens is 4. The number of rotatable bonds is 3. The van der Waals surface area contributed by atoms with Gasteiger partial charge in [0, 0.05) is 15.1 Å². The van der Waals surface area contributed by atoms with E-state index in [0.717, 1.165) is 20.3 Å². The summed E-state index contributed by atoms with van der Waals surface area (Å²) in [6.07, 6.45) is 0. The molecular weight excluding hydrogens is 471 g/mol. The summed E-state index contributed by atoms with van der Waals surface area (Å²) in [5.41, 5.74) is 3.37. The SMILES string of the molecule is COc1c(Br)cc(Cl)cc1C(Br)c1cc(Br)ccc1C. The lowest BCUT2D eigenvalue weighted by atomic mass is 10.00. The number of ether oxygens (including phenoxy) is 1. The molecule has 0 heterocycles. The van der Waals surface area contributed by atoms with Crippen molar-refractivity contribution < 1.29 is 4.74 Å². The van der Waals surface area contributed by atoms with Crippen molar-refractivity contribution in [2.75, 3.05) is 7.11 Å². The Labute approximate surface area is 149 Å². The lowest BCUT2D eigenvalue weighted by molar-refractivity contribution is 0.408. The summed E-state index contributed by atoms with van der Waals surface area (Å²) >= 11 is 16.9. The van der Waals surface area contributed by atoms with Gasteiger partial charge in [-0.15, -0.1) is 0 Å². The third-order valence-corrected chi connectivity index (χ3v) is 5.32. The Morgan fingerprint density at radius 3 is 2.45 bits per heavy atom. The summed E-state index contributed by atoms with van der Waals surface area (Å²) in [5.74, 6) is 0.788. The first-order valence-electron chi connectivity index (χ1n) is 5.87. The zero-order valence-electron chi connectivity index (χ0n) is 10.9. The van der Waals surface area contributed by atoms with E-state index in [-0.39, 0.29) is 4.83 Å². The lowest BCUT2D eigenvalue weighted by Gasteiger charge is -2.18. The van der Waals surface area contributed by atoms with Crippen molar-refractivity contribution in [1.29, 1.82) is 0 Å². The monoisotopic (exact) mass is 480 g/mol. The summed E-state index contributed by atoms with van der Waals surface area (Å²) < 4.78 is 7.39. The van der Waals surface area contributed by atoms with E-state index < -0.39 is 0 Å². The van der Waals surface area contributed by atoms with Crippen LogP contribution in [0.2, 0.25) is 5.02 Å². The molecule has 0 amide bonds. The van der Waals surface area contributed by atoms with Crippen LogP contribution in [-0.4, -0.2) is 7.11 Å². The van der Waals surface area contributed by atoms with Crippen molar-refractivity contribution in [3.8, 4) is 5.75 Å². The normalized spacial score (nSPS) is 12.3. The molecule has 0 bridgehead atoms. The van der Waals surface area contributed by atoms with Crippen LogP contribution in [0, 0.1) is 6.92 Å². The molecule has 106 valence electrons. The minimum atomic E-state index is 0.00458. The molecule has 2 aromatic carbocycles. The zero-order chi connectivity index (χ0) is 14.9. The molecule has 1 atom stereocenters. The van der Waals surface area contributed by atoms with Gasteiger partial charge in [0.1, 0.15) is 5.75 Å². The predicted molar refractivity (Wildman–Crippen MR) is 95.4 cm³/mol. The van der Waals surface area contributed by atoms with Gasteiger partial charge in [-0.05, 0) is 58.2 Å². The van der Waals surface area contributed by atoms with Gasteiger partial charge in [-0.2, -0.15) is 0 Å². The second kappa shape index (κ2) is 6.82. The molecule has 0 saturated heterocycles. The van der Waals surface area contributed by atoms with Crippen molar-refractivity contribution >= 4 is 59.4 Å². The van der Waals surface area contributed by atoms with E-state index in [9.17, 15) is 0 Å². The van der Waals surface area contributed by atoms with Gasteiger partial charge < -0.3 is 4.74 Å². The van der Waals surface area contributed by atoms with E-state index in [2.05, 4.69) is 66.8 Å². The summed E-state index contributed by atoms with van der Waals surface area (Å²) in [6.45, 7) is 2.09. The van der Waals surface area contributed by atoms with Crippen molar-refractivity contribution in [1.82, 2.24) is 0 Å². The largest absolute Gasteiger partial charge is 0.495 e. The van der Waals surface area contributed by atoms with Crippen molar-refractivity contribution in [3.63, 3.8) is 0 Å². The second-order valence-electron chi connectivity index (χ2n) is 4.37. The molecule has 1 nitrogen and oxygen atoms in total. The van der Waals surface area contributed by atoms with Gasteiger partial charge in [0.15, 0.2) is 0 Å². The maximum absolute atomic E-state index is 6.17. The zero-order valence-corrected chi connectivity index (χ0v) is 16.4. The van der Waals surface area contributed by atoms with E-state index in [4.69, 9.17) is 16.3 Å². The number of alkyl halides is 1. The maximum Gasteiger partial charge on any atom is 0.137 e. The summed E-state index contributed by atoms with van der Waals surface area (Å²) in [5, 5.41) is 0.671. The van der Waals surface area contributed by atoms with Crippen molar-refractivity contribution in [2.24, 2.45) is 0 Å². The Bertz CT molecular complexity index is 643. The summed E-state index contributed by atoms with van der Waals surface area (Å²) in [7, 11) is 1.66. The Kier molecular flexibility index (Phi) is 5.57. The minimum absolute atomic E-state index is 0.00458. The smallest absolute Gasteiger partial charge is 0.137 e. The molecule has 2 rings (SSSR count). The van der Waals surface area contributed by atoms with Gasteiger partial charge in [0.05, 0.1) is 16.4 Å². The average Bonchev–Trinajstić information content (AvgIpc) is 2.40. The summed E-state index contributed by atoms with van der Waals surface area (Å²) in [4.78, 5) is 0.00458. The Balaban J connectivity index is 2.58. The average molecular weight is 483 g/mol. The topological polar surface area (TPSA) is 9.23 Å². The fourth-order valence-electron chi connectivity index (χ4n) is 2.04. The van der Waals surface area contributed by atoms with Gasteiger partial charge in [-0.3, -0.25) is 0 Å². The molecule has 0 saturated carbocycles. The number of benzene rings is 2. The fourth-order valence-corrected chi connectivity index (χ4v) is 4.24. The first kappa shape index (κ1) is 16.3. The molecule has 1 unspecified atom stereocenters. The van der Waals surface area contributed by atoms with E-state index in [1.165, 1.54) is 11.1 Å². The second-order valence-corrected chi connectivity index (χ2v) is 7.50. The highest BCUT2D eigenvalue weighted by atomic mass is 79.9. The van der Waals surface area contributed by atoms with Crippen LogP contribution in [0.1, 0.15) is 21.5 Å². The molecule has 20 heavy (non-hydrogen) atoms. The van der Waals surface area contributed by atoms with Crippen LogP contribution < -0.4 is 4.74 Å². The molecule has 0 N–H and O–H groups in total. The van der Waals surface area contributed by atoms with Crippen LogP contribution >= 0.6 is 59.4 Å². The van der Waals surface area contributed by atoms with Crippen LogP contribution in [0.3, 0.4) is 0 Å². The third kappa shape index (κ3) is 3.41. The Hall–Kier alpha value is -0.0300. The Morgan fingerprint density at radius 2 is 1.80 bits per heavy atom. The van der Waals surface area contributed by atoms with Crippen LogP contribution in [0.25, 0.3) is 0 Å². The number of aryl methyl sites for hydroxylation is 1. The van der Waals surface area contributed by atoms with Crippen molar-refractivity contribution in [3.05, 3.63) is 61.0 Å². The highest BCUT2D eigenvalue weighted by molar-refractivity contribution is 9.11. The van der Waals surface area contributed by atoms with E-state index in [0.29, 0.717) is 5.02 Å². The lowest BCUT2D eigenvalue weighted by Crippen LogP contribution is -2.00. The molecule has 2 aromatic rings. The van der Waals surface area contributed by atoms with Gasteiger partial charge in [-0.25, -0.2) is 0 Å². The molecule has 0 aliphatic carbocycles.